The topological polar surface area (TPSA) is 88.1 Å². The van der Waals surface area contributed by atoms with Crippen LogP contribution in [-0.2, 0) is 9.53 Å². The number of carbonyl (C=O) groups is 2. The van der Waals surface area contributed by atoms with E-state index in [9.17, 15) is 9.59 Å². The number of methoxy groups -OCH3 is 1. The van der Waals surface area contributed by atoms with Crippen LogP contribution in [0.25, 0.3) is 12.2 Å². The molecule has 0 bridgehead atoms. The van der Waals surface area contributed by atoms with Crippen molar-refractivity contribution in [3.63, 3.8) is 0 Å². The molecule has 0 spiro atoms. The molecule has 3 rings (SSSR count). The van der Waals surface area contributed by atoms with Crippen LogP contribution in [0.4, 0.5) is 5.69 Å². The van der Waals surface area contributed by atoms with Crippen LogP contribution in [0.2, 0.25) is 0 Å². The van der Waals surface area contributed by atoms with E-state index in [1.165, 1.54) is 11.6 Å². The van der Waals surface area contributed by atoms with Gasteiger partial charge in [0, 0.05) is 30.3 Å². The molecule has 7 heteroatoms. The van der Waals surface area contributed by atoms with Gasteiger partial charge in [0.2, 0.25) is 0 Å². The first-order valence-electron chi connectivity index (χ1n) is 9.98. The molecule has 31 heavy (non-hydrogen) atoms. The van der Waals surface area contributed by atoms with Crippen LogP contribution in [0.1, 0.15) is 27.0 Å². The first-order chi connectivity index (χ1) is 15.0. The summed E-state index contributed by atoms with van der Waals surface area (Å²) in [7, 11) is 1.62. The van der Waals surface area contributed by atoms with Gasteiger partial charge in [0.05, 0.1) is 26.0 Å². The minimum atomic E-state index is -0.597. The van der Waals surface area contributed by atoms with Gasteiger partial charge in [-0.3, -0.25) is 14.8 Å². The SMILES string of the molecule is COc1c(N2CCOCC2)ccc(C(=O)C=Cc2ccc(C=CC(=O)NO)cc2)c1C. The van der Waals surface area contributed by atoms with Crippen LogP contribution in [0, 0.1) is 6.92 Å². The monoisotopic (exact) mass is 422 g/mol. The van der Waals surface area contributed by atoms with Gasteiger partial charge in [-0.2, -0.15) is 0 Å². The van der Waals surface area contributed by atoms with Crippen molar-refractivity contribution >= 4 is 29.5 Å². The molecule has 0 aromatic heterocycles. The summed E-state index contributed by atoms with van der Waals surface area (Å²) in [5.41, 5.74) is 5.57. The Morgan fingerprint density at radius 2 is 1.65 bits per heavy atom. The van der Waals surface area contributed by atoms with Crippen LogP contribution in [0.15, 0.2) is 48.6 Å². The number of hydrogen-bond acceptors (Lipinski definition) is 6. The third-order valence-corrected chi connectivity index (χ3v) is 5.11. The molecule has 0 radical (unpaired) electrons. The first-order valence-corrected chi connectivity index (χ1v) is 9.98. The summed E-state index contributed by atoms with van der Waals surface area (Å²) in [5.74, 6) is 0.0112. The molecular weight excluding hydrogens is 396 g/mol. The molecule has 2 N–H and O–H groups in total. The molecule has 1 aliphatic rings. The standard InChI is InChI=1S/C24H26N2O5/c1-17-20(9-10-21(24(17)30-2)26-13-15-31-16-14-26)22(27)11-7-18-3-5-19(6-4-18)8-12-23(28)25-29/h3-12,29H,13-16H2,1-2H3,(H,25,28). The average Bonchev–Trinajstić information content (AvgIpc) is 2.81. The molecule has 0 saturated carbocycles. The summed E-state index contributed by atoms with van der Waals surface area (Å²) in [5, 5.41) is 8.50. The number of rotatable bonds is 7. The van der Waals surface area contributed by atoms with Crippen molar-refractivity contribution in [2.45, 2.75) is 6.92 Å². The molecule has 1 heterocycles. The Balaban J connectivity index is 1.74. The molecule has 0 aliphatic carbocycles. The highest BCUT2D eigenvalue weighted by Crippen LogP contribution is 2.34. The zero-order chi connectivity index (χ0) is 22.2. The lowest BCUT2D eigenvalue weighted by Gasteiger charge is -2.30. The highest BCUT2D eigenvalue weighted by molar-refractivity contribution is 6.08. The van der Waals surface area contributed by atoms with Gasteiger partial charge >= 0.3 is 0 Å². The van der Waals surface area contributed by atoms with Crippen molar-refractivity contribution in [2.75, 3.05) is 38.3 Å². The molecule has 2 aromatic carbocycles. The van der Waals surface area contributed by atoms with Gasteiger partial charge in [0.1, 0.15) is 5.75 Å². The van der Waals surface area contributed by atoms with Gasteiger partial charge < -0.3 is 14.4 Å². The summed E-state index contributed by atoms with van der Waals surface area (Å²) < 4.78 is 11.1. The highest BCUT2D eigenvalue weighted by Gasteiger charge is 2.20. The largest absolute Gasteiger partial charge is 0.494 e. The van der Waals surface area contributed by atoms with Crippen LogP contribution >= 0.6 is 0 Å². The van der Waals surface area contributed by atoms with E-state index in [4.69, 9.17) is 14.7 Å². The second-order valence-corrected chi connectivity index (χ2v) is 7.06. The fraction of sp³-hybridized carbons (Fsp3) is 0.250. The minimum absolute atomic E-state index is 0.104. The van der Waals surface area contributed by atoms with Crippen molar-refractivity contribution in [2.24, 2.45) is 0 Å². The van der Waals surface area contributed by atoms with Gasteiger partial charge in [-0.25, -0.2) is 5.48 Å². The Morgan fingerprint density at radius 3 is 2.23 bits per heavy atom. The van der Waals surface area contributed by atoms with Crippen molar-refractivity contribution in [3.8, 4) is 5.75 Å². The maximum Gasteiger partial charge on any atom is 0.267 e. The van der Waals surface area contributed by atoms with Crippen LogP contribution in [-0.4, -0.2) is 50.3 Å². The molecule has 0 unspecified atom stereocenters. The third-order valence-electron chi connectivity index (χ3n) is 5.11. The number of nitrogens with one attached hydrogen (secondary N) is 1. The number of hydrogen-bond donors (Lipinski definition) is 2. The molecule has 1 saturated heterocycles. The zero-order valence-corrected chi connectivity index (χ0v) is 17.6. The number of morpholine rings is 1. The average molecular weight is 422 g/mol. The van der Waals surface area contributed by atoms with Gasteiger partial charge in [-0.05, 0) is 42.3 Å². The Hall–Kier alpha value is -3.42. The summed E-state index contributed by atoms with van der Waals surface area (Å²) in [4.78, 5) is 26.1. The number of carbonyl (C=O) groups excluding carboxylic acids is 2. The molecule has 7 nitrogen and oxygen atoms in total. The number of allylic oxidation sites excluding steroid dienone is 1. The van der Waals surface area contributed by atoms with Crippen LogP contribution in [0.3, 0.4) is 0 Å². The number of nitrogens with zero attached hydrogens (tertiary/aromatic N) is 1. The Kier molecular flexibility index (Phi) is 7.59. The van der Waals surface area contributed by atoms with Gasteiger partial charge in [-0.15, -0.1) is 0 Å². The Morgan fingerprint density at radius 1 is 1.03 bits per heavy atom. The van der Waals surface area contributed by atoms with E-state index < -0.39 is 5.91 Å². The lowest BCUT2D eigenvalue weighted by molar-refractivity contribution is -0.124. The predicted molar refractivity (Wildman–Crippen MR) is 120 cm³/mol. The Bertz CT molecular complexity index is 990. The molecular formula is C24H26N2O5. The van der Waals surface area contributed by atoms with E-state index in [1.807, 2.05) is 43.3 Å². The van der Waals surface area contributed by atoms with Crippen LogP contribution < -0.4 is 15.1 Å². The first kappa shape index (κ1) is 22.3. The number of hydroxylamine groups is 1. The van der Waals surface area contributed by atoms with E-state index >= 15 is 0 Å². The molecule has 1 aliphatic heterocycles. The zero-order valence-electron chi connectivity index (χ0n) is 17.6. The molecule has 1 fully saturated rings. The van der Waals surface area contributed by atoms with Crippen molar-refractivity contribution < 1.29 is 24.3 Å². The van der Waals surface area contributed by atoms with Crippen molar-refractivity contribution in [1.82, 2.24) is 5.48 Å². The number of anilines is 1. The lowest BCUT2D eigenvalue weighted by Crippen LogP contribution is -2.36. The lowest BCUT2D eigenvalue weighted by atomic mass is 10.0. The quantitative estimate of drug-likeness (QED) is 0.308. The van der Waals surface area contributed by atoms with E-state index in [1.54, 1.807) is 25.3 Å². The molecule has 2 aromatic rings. The summed E-state index contributed by atoms with van der Waals surface area (Å²) in [6.07, 6.45) is 6.10. The normalized spacial score (nSPS) is 14.2. The maximum atomic E-state index is 12.8. The fourth-order valence-electron chi connectivity index (χ4n) is 3.44. The van der Waals surface area contributed by atoms with Gasteiger partial charge in [-0.1, -0.05) is 30.3 Å². The van der Waals surface area contributed by atoms with E-state index in [2.05, 4.69) is 4.90 Å². The van der Waals surface area contributed by atoms with E-state index in [0.29, 0.717) is 24.5 Å². The Labute approximate surface area is 181 Å². The summed E-state index contributed by atoms with van der Waals surface area (Å²) in [6.45, 7) is 4.83. The van der Waals surface area contributed by atoms with E-state index in [-0.39, 0.29) is 5.78 Å². The molecule has 0 atom stereocenters. The number of benzene rings is 2. The molecule has 162 valence electrons. The number of ketones is 1. The van der Waals surface area contributed by atoms with Crippen LogP contribution in [0.5, 0.6) is 5.75 Å². The third kappa shape index (κ3) is 5.59. The second kappa shape index (κ2) is 10.6. The van der Waals surface area contributed by atoms with Gasteiger partial charge in [0.25, 0.3) is 5.91 Å². The van der Waals surface area contributed by atoms with Gasteiger partial charge in [0.15, 0.2) is 5.78 Å². The summed E-state index contributed by atoms with van der Waals surface area (Å²) >= 11 is 0. The number of amides is 1. The fourth-order valence-corrected chi connectivity index (χ4v) is 3.44. The second-order valence-electron chi connectivity index (χ2n) is 7.06. The maximum absolute atomic E-state index is 12.8. The van der Waals surface area contributed by atoms with Crippen molar-refractivity contribution in [3.05, 3.63) is 70.8 Å². The molecule has 1 amide bonds. The van der Waals surface area contributed by atoms with Crippen molar-refractivity contribution in [1.29, 1.82) is 0 Å². The summed E-state index contributed by atoms with van der Waals surface area (Å²) in [6, 6.07) is 11.1. The number of ether oxygens (including phenoxy) is 2. The smallest absolute Gasteiger partial charge is 0.267 e. The predicted octanol–water partition coefficient (Wildman–Crippen LogP) is 3.25. The minimum Gasteiger partial charge on any atom is -0.494 e. The highest BCUT2D eigenvalue weighted by atomic mass is 16.5. The van der Waals surface area contributed by atoms with E-state index in [0.717, 1.165) is 35.5 Å².